The van der Waals surface area contributed by atoms with Gasteiger partial charge in [0, 0.05) is 5.92 Å². The third-order valence-electron chi connectivity index (χ3n) is 2.86. The van der Waals surface area contributed by atoms with Crippen LogP contribution in [0.15, 0.2) is 0 Å². The van der Waals surface area contributed by atoms with E-state index in [0.717, 1.165) is 0 Å². The van der Waals surface area contributed by atoms with Crippen LogP contribution in [0.3, 0.4) is 0 Å². The van der Waals surface area contributed by atoms with E-state index < -0.39 is 23.0 Å². The number of carbonyl (C=O) groups excluding carboxylic acids is 3. The van der Waals surface area contributed by atoms with Gasteiger partial charge in [-0.25, -0.2) is 0 Å². The first kappa shape index (κ1) is 7.46. The maximum absolute atomic E-state index is 11.1. The molecule has 12 heavy (non-hydrogen) atoms. The Hall–Kier alpha value is -1.19. The maximum Gasteiger partial charge on any atom is 0.329 e. The van der Waals surface area contributed by atoms with E-state index in [1.807, 2.05) is 0 Å². The first-order valence-corrected chi connectivity index (χ1v) is 3.83. The summed E-state index contributed by atoms with van der Waals surface area (Å²) >= 11 is 0. The molecule has 1 saturated heterocycles. The monoisotopic (exact) mass is 168 g/mol. The molecule has 2 atom stereocenters. The molecule has 0 aromatic heterocycles. The van der Waals surface area contributed by atoms with E-state index in [4.69, 9.17) is 4.74 Å². The summed E-state index contributed by atoms with van der Waals surface area (Å²) in [6, 6.07) is 0. The summed E-state index contributed by atoms with van der Waals surface area (Å²) in [5, 5.41) is 0. The van der Waals surface area contributed by atoms with Crippen LogP contribution in [0.25, 0.3) is 0 Å². The molecule has 1 saturated carbocycles. The van der Waals surface area contributed by atoms with Crippen LogP contribution >= 0.6 is 0 Å². The van der Waals surface area contributed by atoms with Crippen molar-refractivity contribution in [3.05, 3.63) is 0 Å². The molecule has 4 nitrogen and oxygen atoms in total. The number of ether oxygens (including phenoxy) is 1. The fourth-order valence-electron chi connectivity index (χ4n) is 1.75. The standard InChI is InChI=1S/C8H8O4/c1-3-4(2)12-7(11)8(3)5(9)6(8)10/h3-4H,1-2H3. The van der Waals surface area contributed by atoms with Crippen molar-refractivity contribution in [3.63, 3.8) is 0 Å². The van der Waals surface area contributed by atoms with Gasteiger partial charge in [0.1, 0.15) is 6.10 Å². The first-order valence-electron chi connectivity index (χ1n) is 3.83. The molecule has 0 radical (unpaired) electrons. The van der Waals surface area contributed by atoms with Crippen LogP contribution in [-0.4, -0.2) is 23.6 Å². The van der Waals surface area contributed by atoms with Crippen LogP contribution in [0, 0.1) is 11.3 Å². The van der Waals surface area contributed by atoms with Crippen LogP contribution in [0.2, 0.25) is 0 Å². The quantitative estimate of drug-likeness (QED) is 0.283. The molecule has 2 fully saturated rings. The third kappa shape index (κ3) is 0.499. The van der Waals surface area contributed by atoms with Crippen LogP contribution in [0.4, 0.5) is 0 Å². The highest BCUT2D eigenvalue weighted by atomic mass is 16.6. The molecular formula is C8H8O4. The molecule has 0 N–H and O–H groups in total. The second-order valence-corrected chi connectivity index (χ2v) is 3.37. The van der Waals surface area contributed by atoms with E-state index in [-0.39, 0.29) is 12.0 Å². The largest absolute Gasteiger partial charge is 0.461 e. The predicted molar refractivity (Wildman–Crippen MR) is 37.2 cm³/mol. The number of hydrogen-bond donors (Lipinski definition) is 0. The van der Waals surface area contributed by atoms with Crippen molar-refractivity contribution in [1.29, 1.82) is 0 Å². The number of esters is 1. The van der Waals surface area contributed by atoms with Gasteiger partial charge in [-0.1, -0.05) is 6.92 Å². The fraction of sp³-hybridized carbons (Fsp3) is 0.625. The zero-order valence-electron chi connectivity index (χ0n) is 6.79. The van der Waals surface area contributed by atoms with Crippen LogP contribution in [-0.2, 0) is 19.1 Å². The molecule has 4 heteroatoms. The van der Waals surface area contributed by atoms with Gasteiger partial charge in [-0.05, 0) is 6.92 Å². The molecule has 0 aromatic rings. The molecule has 0 aromatic carbocycles. The zero-order chi connectivity index (χ0) is 9.09. The lowest BCUT2D eigenvalue weighted by Gasteiger charge is -2.06. The van der Waals surface area contributed by atoms with E-state index in [1.54, 1.807) is 13.8 Å². The van der Waals surface area contributed by atoms with Gasteiger partial charge in [0.15, 0.2) is 0 Å². The lowest BCUT2D eigenvalue weighted by atomic mass is 9.90. The molecule has 1 heterocycles. The number of carbonyl (C=O) groups is 3. The maximum atomic E-state index is 11.1. The summed E-state index contributed by atoms with van der Waals surface area (Å²) in [5.74, 6) is -2.11. The molecule has 0 amide bonds. The van der Waals surface area contributed by atoms with E-state index >= 15 is 0 Å². The van der Waals surface area contributed by atoms with E-state index in [9.17, 15) is 14.4 Å². The summed E-state index contributed by atoms with van der Waals surface area (Å²) < 4.78 is 4.81. The number of rotatable bonds is 0. The Morgan fingerprint density at radius 2 is 1.67 bits per heavy atom. The third-order valence-corrected chi connectivity index (χ3v) is 2.86. The van der Waals surface area contributed by atoms with Crippen LogP contribution in [0.1, 0.15) is 13.8 Å². The molecule has 0 bridgehead atoms. The fourth-order valence-corrected chi connectivity index (χ4v) is 1.75. The second-order valence-electron chi connectivity index (χ2n) is 3.37. The van der Waals surface area contributed by atoms with Crippen molar-refractivity contribution in [2.24, 2.45) is 11.3 Å². The van der Waals surface area contributed by atoms with Crippen molar-refractivity contribution in [2.75, 3.05) is 0 Å². The van der Waals surface area contributed by atoms with Crippen molar-refractivity contribution in [2.45, 2.75) is 20.0 Å². The molecule has 2 rings (SSSR count). The van der Waals surface area contributed by atoms with Gasteiger partial charge in [-0.3, -0.25) is 14.4 Å². The van der Waals surface area contributed by atoms with Gasteiger partial charge in [0.2, 0.25) is 17.0 Å². The summed E-state index contributed by atoms with van der Waals surface area (Å²) in [5.41, 5.74) is -1.39. The molecule has 1 spiro atoms. The highest BCUT2D eigenvalue weighted by Gasteiger charge is 2.78. The SMILES string of the molecule is CC1OC(=O)C2(C(=O)C2=O)C1C. The molecule has 1 aliphatic heterocycles. The minimum Gasteiger partial charge on any atom is -0.461 e. The summed E-state index contributed by atoms with van der Waals surface area (Å²) in [6.45, 7) is 3.38. The molecule has 1 aliphatic carbocycles. The van der Waals surface area contributed by atoms with E-state index in [1.165, 1.54) is 0 Å². The Morgan fingerprint density at radius 3 is 1.83 bits per heavy atom. The lowest BCUT2D eigenvalue weighted by molar-refractivity contribution is -0.146. The van der Waals surface area contributed by atoms with Gasteiger partial charge in [-0.15, -0.1) is 0 Å². The first-order chi connectivity index (χ1) is 5.52. The minimum atomic E-state index is -1.39. The van der Waals surface area contributed by atoms with E-state index in [0.29, 0.717) is 0 Å². The van der Waals surface area contributed by atoms with Crippen molar-refractivity contribution in [1.82, 2.24) is 0 Å². The van der Waals surface area contributed by atoms with E-state index in [2.05, 4.69) is 0 Å². The average molecular weight is 168 g/mol. The molecule has 2 unspecified atom stereocenters. The summed E-state index contributed by atoms with van der Waals surface area (Å²) in [6.07, 6.45) is -0.326. The van der Waals surface area contributed by atoms with Gasteiger partial charge < -0.3 is 4.74 Å². The topological polar surface area (TPSA) is 60.4 Å². The molecular weight excluding hydrogens is 160 g/mol. The van der Waals surface area contributed by atoms with Gasteiger partial charge in [0.25, 0.3) is 0 Å². The normalized spacial score (nSPS) is 37.3. The van der Waals surface area contributed by atoms with Crippen molar-refractivity contribution < 1.29 is 19.1 Å². The summed E-state index contributed by atoms with van der Waals surface area (Å²) in [4.78, 5) is 33.1. The summed E-state index contributed by atoms with van der Waals surface area (Å²) in [7, 11) is 0. The Morgan fingerprint density at radius 1 is 1.17 bits per heavy atom. The highest BCUT2D eigenvalue weighted by molar-refractivity contribution is 6.70. The lowest BCUT2D eigenvalue weighted by Crippen LogP contribution is -2.21. The van der Waals surface area contributed by atoms with Gasteiger partial charge in [-0.2, -0.15) is 0 Å². The Bertz CT molecular complexity index is 290. The second kappa shape index (κ2) is 1.76. The van der Waals surface area contributed by atoms with Gasteiger partial charge in [0.05, 0.1) is 0 Å². The Kier molecular flexibility index (Phi) is 1.09. The number of hydrogen-bond acceptors (Lipinski definition) is 4. The number of cyclic esters (lactones) is 1. The zero-order valence-corrected chi connectivity index (χ0v) is 6.79. The van der Waals surface area contributed by atoms with Gasteiger partial charge >= 0.3 is 5.97 Å². The Balaban J connectivity index is 2.45. The smallest absolute Gasteiger partial charge is 0.329 e. The highest BCUT2D eigenvalue weighted by Crippen LogP contribution is 2.51. The molecule has 2 aliphatic rings. The minimum absolute atomic E-state index is 0.301. The number of Topliss-reactive ketones (excluding diaryl/α,β-unsaturated/α-hetero) is 2. The molecule has 64 valence electrons. The number of ketones is 2. The van der Waals surface area contributed by atoms with Crippen molar-refractivity contribution in [3.8, 4) is 0 Å². The van der Waals surface area contributed by atoms with Crippen LogP contribution < -0.4 is 0 Å². The van der Waals surface area contributed by atoms with Crippen molar-refractivity contribution >= 4 is 17.5 Å². The van der Waals surface area contributed by atoms with Crippen LogP contribution in [0.5, 0.6) is 0 Å². The Labute approximate surface area is 68.9 Å². The predicted octanol–water partition coefficient (Wildman–Crippen LogP) is -0.294. The average Bonchev–Trinajstić information content (AvgIpc) is 2.46.